The number of hydrogen-bond acceptors (Lipinski definition) is 7. The number of hydrogen-bond donors (Lipinski definition) is 2. The number of methoxy groups -OCH3 is 1. The summed E-state index contributed by atoms with van der Waals surface area (Å²) in [7, 11) is 3.19. The van der Waals surface area contributed by atoms with Gasteiger partial charge in [0, 0.05) is 13.1 Å². The molecule has 1 unspecified atom stereocenters. The molecule has 0 aliphatic rings. The molecule has 112 valence electrons. The van der Waals surface area contributed by atoms with Crippen LogP contribution >= 0.6 is 11.8 Å². The number of nitrogens with one attached hydrogen (secondary N) is 2. The van der Waals surface area contributed by atoms with Crippen molar-refractivity contribution >= 4 is 29.4 Å². The SMILES string of the molecule is CNc1cc(NC(CC(C)C)C(=O)OC)nc(SC)n1. The summed E-state index contributed by atoms with van der Waals surface area (Å²) in [6, 6.07) is 1.37. The molecule has 0 saturated heterocycles. The molecule has 0 radical (unpaired) electrons. The molecule has 0 bridgehead atoms. The Morgan fingerprint density at radius 3 is 2.55 bits per heavy atom. The van der Waals surface area contributed by atoms with E-state index in [2.05, 4.69) is 34.4 Å². The lowest BCUT2D eigenvalue weighted by atomic mass is 10.0. The van der Waals surface area contributed by atoms with Crippen molar-refractivity contribution in [3.8, 4) is 0 Å². The highest BCUT2D eigenvalue weighted by Crippen LogP contribution is 2.19. The van der Waals surface area contributed by atoms with Gasteiger partial charge in [-0.25, -0.2) is 14.8 Å². The first-order valence-electron chi connectivity index (χ1n) is 6.45. The first kappa shape index (κ1) is 16.6. The molecule has 1 aromatic rings. The zero-order chi connectivity index (χ0) is 15.1. The molecule has 0 amide bonds. The standard InChI is InChI=1S/C13H22N4O2S/c1-8(2)6-9(12(18)19-4)15-11-7-10(14-3)16-13(17-11)20-5/h7-9H,6H2,1-5H3,(H2,14,15,16,17). The minimum atomic E-state index is -0.408. The van der Waals surface area contributed by atoms with E-state index in [9.17, 15) is 4.79 Å². The smallest absolute Gasteiger partial charge is 0.328 e. The molecule has 20 heavy (non-hydrogen) atoms. The molecule has 0 aliphatic carbocycles. The molecule has 7 heteroatoms. The van der Waals surface area contributed by atoms with Gasteiger partial charge in [-0.1, -0.05) is 25.6 Å². The van der Waals surface area contributed by atoms with Crippen LogP contribution in [-0.4, -0.2) is 42.4 Å². The Balaban J connectivity index is 2.94. The fourth-order valence-electron chi connectivity index (χ4n) is 1.72. The van der Waals surface area contributed by atoms with Crippen LogP contribution < -0.4 is 10.6 Å². The Bertz CT molecular complexity index is 432. The van der Waals surface area contributed by atoms with E-state index in [1.165, 1.54) is 18.9 Å². The van der Waals surface area contributed by atoms with Gasteiger partial charge in [0.2, 0.25) is 0 Å². The van der Waals surface area contributed by atoms with Gasteiger partial charge >= 0.3 is 5.97 Å². The molecule has 6 nitrogen and oxygen atoms in total. The van der Waals surface area contributed by atoms with E-state index in [4.69, 9.17) is 4.74 Å². The third-order valence-electron chi connectivity index (χ3n) is 2.66. The zero-order valence-electron chi connectivity index (χ0n) is 12.6. The lowest BCUT2D eigenvalue weighted by Gasteiger charge is -2.19. The number of nitrogens with zero attached hydrogens (tertiary/aromatic N) is 2. The quantitative estimate of drug-likeness (QED) is 0.454. The van der Waals surface area contributed by atoms with Crippen LogP contribution in [0.3, 0.4) is 0 Å². The van der Waals surface area contributed by atoms with E-state index >= 15 is 0 Å². The fraction of sp³-hybridized carbons (Fsp3) is 0.615. The molecule has 1 atom stereocenters. The molecule has 0 fully saturated rings. The van der Waals surface area contributed by atoms with Crippen LogP contribution in [0.15, 0.2) is 11.2 Å². The summed E-state index contributed by atoms with van der Waals surface area (Å²) in [4.78, 5) is 20.5. The van der Waals surface area contributed by atoms with Gasteiger partial charge < -0.3 is 15.4 Å². The van der Waals surface area contributed by atoms with E-state index in [-0.39, 0.29) is 5.97 Å². The molecule has 0 saturated carbocycles. The number of aromatic nitrogens is 2. The Morgan fingerprint density at radius 2 is 2.05 bits per heavy atom. The van der Waals surface area contributed by atoms with Gasteiger partial charge in [0.15, 0.2) is 5.16 Å². The van der Waals surface area contributed by atoms with Gasteiger partial charge in [0.05, 0.1) is 7.11 Å². The Hall–Kier alpha value is -1.50. The molecule has 1 aromatic heterocycles. The van der Waals surface area contributed by atoms with Crippen LogP contribution in [0.2, 0.25) is 0 Å². The van der Waals surface area contributed by atoms with Crippen molar-refractivity contribution < 1.29 is 9.53 Å². The van der Waals surface area contributed by atoms with Gasteiger partial charge in [-0.05, 0) is 18.6 Å². The monoisotopic (exact) mass is 298 g/mol. The average molecular weight is 298 g/mol. The topological polar surface area (TPSA) is 76.1 Å². The maximum atomic E-state index is 11.8. The summed E-state index contributed by atoms with van der Waals surface area (Å²) in [5.41, 5.74) is 0. The zero-order valence-corrected chi connectivity index (χ0v) is 13.4. The van der Waals surface area contributed by atoms with E-state index in [0.717, 1.165) is 0 Å². The van der Waals surface area contributed by atoms with Crippen molar-refractivity contribution in [2.24, 2.45) is 5.92 Å². The minimum absolute atomic E-state index is 0.283. The number of thioether (sulfide) groups is 1. The van der Waals surface area contributed by atoms with E-state index in [1.54, 1.807) is 13.1 Å². The van der Waals surface area contributed by atoms with Crippen molar-refractivity contribution in [2.75, 3.05) is 31.0 Å². The first-order valence-corrected chi connectivity index (χ1v) is 7.67. The van der Waals surface area contributed by atoms with Gasteiger partial charge in [-0.3, -0.25) is 0 Å². The fourth-order valence-corrected chi connectivity index (χ4v) is 2.10. The van der Waals surface area contributed by atoms with Crippen LogP contribution in [0.5, 0.6) is 0 Å². The number of anilines is 2. The largest absolute Gasteiger partial charge is 0.467 e. The Labute approximate surface area is 124 Å². The molecule has 0 spiro atoms. The van der Waals surface area contributed by atoms with Crippen molar-refractivity contribution in [1.82, 2.24) is 9.97 Å². The average Bonchev–Trinajstić information content (AvgIpc) is 2.44. The maximum absolute atomic E-state index is 11.8. The number of carbonyl (C=O) groups is 1. The number of esters is 1. The molecule has 0 aliphatic heterocycles. The summed E-state index contributed by atoms with van der Waals surface area (Å²) in [6.45, 7) is 4.12. The predicted octanol–water partition coefficient (Wildman–Crippen LogP) is 2.24. The third-order valence-corrected chi connectivity index (χ3v) is 3.21. The van der Waals surface area contributed by atoms with Crippen molar-refractivity contribution in [1.29, 1.82) is 0 Å². The summed E-state index contributed by atoms with van der Waals surface area (Å²) in [6.07, 6.45) is 2.59. The summed E-state index contributed by atoms with van der Waals surface area (Å²) in [5, 5.41) is 6.76. The molecule has 0 aromatic carbocycles. The highest BCUT2D eigenvalue weighted by Gasteiger charge is 2.21. The number of carbonyl (C=O) groups excluding carboxylic acids is 1. The number of rotatable bonds is 7. The molecule has 1 rings (SSSR count). The van der Waals surface area contributed by atoms with Crippen molar-refractivity contribution in [2.45, 2.75) is 31.5 Å². The van der Waals surface area contributed by atoms with Crippen LogP contribution in [0.25, 0.3) is 0 Å². The summed E-state index contributed by atoms with van der Waals surface area (Å²) >= 11 is 1.45. The predicted molar refractivity (Wildman–Crippen MR) is 82.2 cm³/mol. The second-order valence-corrected chi connectivity index (χ2v) is 5.50. The Kier molecular flexibility index (Phi) is 6.57. The van der Waals surface area contributed by atoms with E-state index in [1.807, 2.05) is 6.26 Å². The summed E-state index contributed by atoms with van der Waals surface area (Å²) < 4.78 is 4.83. The van der Waals surface area contributed by atoms with Crippen LogP contribution in [0, 0.1) is 5.92 Å². The molecule has 2 N–H and O–H groups in total. The van der Waals surface area contributed by atoms with Crippen LogP contribution in [-0.2, 0) is 9.53 Å². The maximum Gasteiger partial charge on any atom is 0.328 e. The molecular weight excluding hydrogens is 276 g/mol. The van der Waals surface area contributed by atoms with Gasteiger partial charge in [0.1, 0.15) is 17.7 Å². The number of ether oxygens (including phenoxy) is 1. The Morgan fingerprint density at radius 1 is 1.40 bits per heavy atom. The van der Waals surface area contributed by atoms with Gasteiger partial charge in [-0.15, -0.1) is 0 Å². The normalized spacial score (nSPS) is 12.1. The third kappa shape index (κ3) is 4.88. The van der Waals surface area contributed by atoms with E-state index in [0.29, 0.717) is 29.1 Å². The van der Waals surface area contributed by atoms with Crippen LogP contribution in [0.4, 0.5) is 11.6 Å². The molecule has 1 heterocycles. The molecular formula is C13H22N4O2S. The lowest BCUT2D eigenvalue weighted by molar-refractivity contribution is -0.141. The highest BCUT2D eigenvalue weighted by molar-refractivity contribution is 7.98. The van der Waals surface area contributed by atoms with E-state index < -0.39 is 6.04 Å². The highest BCUT2D eigenvalue weighted by atomic mass is 32.2. The van der Waals surface area contributed by atoms with Crippen LogP contribution in [0.1, 0.15) is 20.3 Å². The van der Waals surface area contributed by atoms with Crippen molar-refractivity contribution in [3.63, 3.8) is 0 Å². The summed E-state index contributed by atoms with van der Waals surface area (Å²) in [5.74, 6) is 1.41. The minimum Gasteiger partial charge on any atom is -0.467 e. The first-order chi connectivity index (χ1) is 9.49. The lowest BCUT2D eigenvalue weighted by Crippen LogP contribution is -2.32. The van der Waals surface area contributed by atoms with Gasteiger partial charge in [0.25, 0.3) is 0 Å². The second-order valence-electron chi connectivity index (χ2n) is 4.72. The van der Waals surface area contributed by atoms with Gasteiger partial charge in [-0.2, -0.15) is 0 Å². The van der Waals surface area contributed by atoms with Crippen molar-refractivity contribution in [3.05, 3.63) is 6.07 Å². The second kappa shape index (κ2) is 7.94.